The maximum atomic E-state index is 13.5. The summed E-state index contributed by atoms with van der Waals surface area (Å²) in [5.74, 6) is -2.24. The van der Waals surface area contributed by atoms with E-state index in [1.807, 2.05) is 0 Å². The Labute approximate surface area is 97.8 Å². The Morgan fingerprint density at radius 3 is 2.75 bits per heavy atom. The van der Waals surface area contributed by atoms with Crippen LogP contribution in [-0.4, -0.2) is 17.6 Å². The molecule has 0 aliphatic heterocycles. The zero-order valence-corrected chi connectivity index (χ0v) is 9.72. The molecule has 0 aromatic carbocycles. The topological polar surface area (TPSA) is 39.2 Å². The molecule has 0 radical (unpaired) electrons. The molecule has 0 aliphatic carbocycles. The molecule has 0 unspecified atom stereocenters. The Morgan fingerprint density at radius 2 is 2.25 bits per heavy atom. The lowest BCUT2D eigenvalue weighted by Gasteiger charge is -2.09. The van der Waals surface area contributed by atoms with E-state index in [4.69, 9.17) is 0 Å². The van der Waals surface area contributed by atoms with E-state index in [1.54, 1.807) is 0 Å². The molecule has 0 bridgehead atoms. The predicted molar refractivity (Wildman–Crippen MR) is 52.8 cm³/mol. The lowest BCUT2D eigenvalue weighted by atomic mass is 10.2. The molecule has 0 aliphatic rings. The van der Waals surface area contributed by atoms with Crippen LogP contribution in [0.2, 0.25) is 0 Å². The van der Waals surface area contributed by atoms with Gasteiger partial charge in [-0.05, 0) is 22.9 Å². The zero-order valence-electron chi connectivity index (χ0n) is 8.14. The first-order valence-corrected chi connectivity index (χ1v) is 5.07. The zero-order chi connectivity index (χ0) is 12.3. The van der Waals surface area contributed by atoms with E-state index in [0.717, 1.165) is 6.20 Å². The van der Waals surface area contributed by atoms with Crippen LogP contribution in [0.1, 0.15) is 29.4 Å². The van der Waals surface area contributed by atoms with Gasteiger partial charge in [-0.3, -0.25) is 4.98 Å². The Bertz CT molecular complexity index is 412. The van der Waals surface area contributed by atoms with Crippen LogP contribution in [0.5, 0.6) is 0 Å². The summed E-state index contributed by atoms with van der Waals surface area (Å²) in [6, 6.07) is 0. The number of rotatable bonds is 3. The van der Waals surface area contributed by atoms with Gasteiger partial charge in [0.15, 0.2) is 5.82 Å². The number of nitrogens with zero attached hydrogens (tertiary/aromatic N) is 1. The minimum absolute atomic E-state index is 0.0343. The third-order valence-corrected chi connectivity index (χ3v) is 2.24. The number of carbonyl (C=O) groups is 1. The highest BCUT2D eigenvalue weighted by atomic mass is 79.9. The maximum Gasteiger partial charge on any atom is 0.343 e. The quantitative estimate of drug-likeness (QED) is 0.805. The summed E-state index contributed by atoms with van der Waals surface area (Å²) in [5, 5.41) is 0. The number of ether oxygens (including phenoxy) is 1. The molecule has 0 spiro atoms. The molecule has 3 nitrogen and oxygen atoms in total. The average molecular weight is 298 g/mol. The van der Waals surface area contributed by atoms with E-state index >= 15 is 0 Å². The van der Waals surface area contributed by atoms with Crippen LogP contribution in [0.15, 0.2) is 10.7 Å². The van der Waals surface area contributed by atoms with Crippen molar-refractivity contribution in [1.29, 1.82) is 0 Å². The normalized spacial score (nSPS) is 10.6. The molecule has 0 fully saturated rings. The third kappa shape index (κ3) is 2.52. The van der Waals surface area contributed by atoms with Crippen molar-refractivity contribution in [3.8, 4) is 0 Å². The molecule has 1 heterocycles. The van der Waals surface area contributed by atoms with Crippen LogP contribution in [0, 0.1) is 5.82 Å². The standard InChI is InChI=1S/C9H7BrF3NO2/c1-2-16-9(15)5-6(11)4(10)3-14-7(5)8(12)13/h3,8H,2H2,1H3. The van der Waals surface area contributed by atoms with Gasteiger partial charge in [-0.25, -0.2) is 18.0 Å². The fourth-order valence-electron chi connectivity index (χ4n) is 1.04. The van der Waals surface area contributed by atoms with Gasteiger partial charge in [0.25, 0.3) is 6.43 Å². The van der Waals surface area contributed by atoms with Crippen molar-refractivity contribution in [2.24, 2.45) is 0 Å². The summed E-state index contributed by atoms with van der Waals surface area (Å²) in [6.07, 6.45) is -2.17. The van der Waals surface area contributed by atoms with Crippen molar-refractivity contribution in [2.75, 3.05) is 6.61 Å². The van der Waals surface area contributed by atoms with E-state index in [0.29, 0.717) is 0 Å². The first-order valence-electron chi connectivity index (χ1n) is 4.28. The predicted octanol–water partition coefficient (Wildman–Crippen LogP) is 3.10. The van der Waals surface area contributed by atoms with E-state index in [-0.39, 0.29) is 11.1 Å². The molecular formula is C9H7BrF3NO2. The lowest BCUT2D eigenvalue weighted by Crippen LogP contribution is -2.13. The smallest absolute Gasteiger partial charge is 0.343 e. The maximum absolute atomic E-state index is 13.5. The van der Waals surface area contributed by atoms with Crippen molar-refractivity contribution in [2.45, 2.75) is 13.3 Å². The second kappa shape index (κ2) is 5.29. The van der Waals surface area contributed by atoms with Crippen LogP contribution in [0.3, 0.4) is 0 Å². The Hall–Kier alpha value is -1.11. The molecule has 1 aromatic rings. The first kappa shape index (κ1) is 13.0. The number of hydrogen-bond acceptors (Lipinski definition) is 3. The number of pyridine rings is 1. The van der Waals surface area contributed by atoms with Gasteiger partial charge in [-0.15, -0.1) is 0 Å². The lowest BCUT2D eigenvalue weighted by molar-refractivity contribution is 0.0506. The minimum Gasteiger partial charge on any atom is -0.462 e. The average Bonchev–Trinajstić information content (AvgIpc) is 2.21. The summed E-state index contributed by atoms with van der Waals surface area (Å²) in [6.45, 7) is 1.46. The van der Waals surface area contributed by atoms with Crippen LogP contribution in [-0.2, 0) is 4.74 Å². The van der Waals surface area contributed by atoms with Crippen molar-refractivity contribution in [1.82, 2.24) is 4.98 Å². The highest BCUT2D eigenvalue weighted by Gasteiger charge is 2.26. The summed E-state index contributed by atoms with van der Waals surface area (Å²) >= 11 is 2.76. The van der Waals surface area contributed by atoms with E-state index in [9.17, 15) is 18.0 Å². The van der Waals surface area contributed by atoms with E-state index in [1.165, 1.54) is 6.92 Å². The molecule has 1 aromatic heterocycles. The number of esters is 1. The number of halogens is 4. The van der Waals surface area contributed by atoms with Gasteiger partial charge in [0, 0.05) is 6.20 Å². The Morgan fingerprint density at radius 1 is 1.62 bits per heavy atom. The first-order chi connectivity index (χ1) is 7.49. The summed E-state index contributed by atoms with van der Waals surface area (Å²) in [4.78, 5) is 14.6. The molecular weight excluding hydrogens is 291 g/mol. The van der Waals surface area contributed by atoms with Gasteiger partial charge >= 0.3 is 5.97 Å². The summed E-state index contributed by atoms with van der Waals surface area (Å²) in [7, 11) is 0. The van der Waals surface area contributed by atoms with Crippen molar-refractivity contribution in [3.05, 3.63) is 27.7 Å². The fourth-order valence-corrected chi connectivity index (χ4v) is 1.34. The van der Waals surface area contributed by atoms with Crippen LogP contribution in [0.4, 0.5) is 13.2 Å². The number of hydrogen-bond donors (Lipinski definition) is 0. The number of aromatic nitrogens is 1. The second-order valence-electron chi connectivity index (χ2n) is 2.70. The number of carbonyl (C=O) groups excluding carboxylic acids is 1. The molecule has 1 rings (SSSR count). The molecule has 0 atom stereocenters. The minimum atomic E-state index is -3.04. The number of alkyl halides is 2. The van der Waals surface area contributed by atoms with Crippen molar-refractivity contribution < 1.29 is 22.7 Å². The molecule has 16 heavy (non-hydrogen) atoms. The molecule has 0 saturated carbocycles. The van der Waals surface area contributed by atoms with Gasteiger partial charge in [0.2, 0.25) is 0 Å². The molecule has 0 N–H and O–H groups in total. The summed E-state index contributed by atoms with van der Waals surface area (Å²) < 4.78 is 42.8. The molecule has 88 valence electrons. The monoisotopic (exact) mass is 297 g/mol. The van der Waals surface area contributed by atoms with Crippen LogP contribution >= 0.6 is 15.9 Å². The van der Waals surface area contributed by atoms with Crippen LogP contribution < -0.4 is 0 Å². The van der Waals surface area contributed by atoms with Gasteiger partial charge in [0.05, 0.1) is 11.1 Å². The molecule has 0 amide bonds. The Kier molecular flexibility index (Phi) is 4.28. The largest absolute Gasteiger partial charge is 0.462 e. The highest BCUT2D eigenvalue weighted by molar-refractivity contribution is 9.10. The van der Waals surface area contributed by atoms with E-state index in [2.05, 4.69) is 25.7 Å². The van der Waals surface area contributed by atoms with Crippen LogP contribution in [0.25, 0.3) is 0 Å². The highest BCUT2D eigenvalue weighted by Crippen LogP contribution is 2.27. The molecule has 7 heteroatoms. The van der Waals surface area contributed by atoms with Gasteiger partial charge < -0.3 is 4.74 Å². The van der Waals surface area contributed by atoms with E-state index < -0.39 is 29.5 Å². The molecule has 0 saturated heterocycles. The second-order valence-corrected chi connectivity index (χ2v) is 3.56. The van der Waals surface area contributed by atoms with Gasteiger partial charge in [-0.1, -0.05) is 0 Å². The van der Waals surface area contributed by atoms with Crippen molar-refractivity contribution >= 4 is 21.9 Å². The summed E-state index contributed by atoms with van der Waals surface area (Å²) in [5.41, 5.74) is -1.75. The SMILES string of the molecule is CCOC(=O)c1c(C(F)F)ncc(Br)c1F. The van der Waals surface area contributed by atoms with Crippen molar-refractivity contribution in [3.63, 3.8) is 0 Å². The fraction of sp³-hybridized carbons (Fsp3) is 0.333. The van der Waals surface area contributed by atoms with Gasteiger partial charge in [0.1, 0.15) is 11.3 Å². The third-order valence-electron chi connectivity index (χ3n) is 1.69. The van der Waals surface area contributed by atoms with Gasteiger partial charge in [-0.2, -0.15) is 0 Å². The Balaban J connectivity index is 3.31.